The van der Waals surface area contributed by atoms with Gasteiger partial charge in [-0.25, -0.2) is 4.79 Å². The third kappa shape index (κ3) is 1.23. The lowest BCUT2D eigenvalue weighted by Crippen LogP contribution is -2.34. The number of aliphatic hydroxyl groups excluding tert-OH is 1. The van der Waals surface area contributed by atoms with Crippen LogP contribution >= 0.6 is 0 Å². The summed E-state index contributed by atoms with van der Waals surface area (Å²) in [5.41, 5.74) is 1.27. The number of carboxylic acids is 1. The minimum absolute atomic E-state index is 0.128. The molecule has 0 saturated carbocycles. The Bertz CT molecular complexity index is 329. The van der Waals surface area contributed by atoms with Gasteiger partial charge < -0.3 is 14.9 Å². The first-order valence-electron chi connectivity index (χ1n) is 4.55. The summed E-state index contributed by atoms with van der Waals surface area (Å²) in [6.07, 6.45) is 2.90. The van der Waals surface area contributed by atoms with Gasteiger partial charge in [-0.2, -0.15) is 0 Å². The normalized spacial score (nSPS) is 35.4. The molecule has 0 spiro atoms. The van der Waals surface area contributed by atoms with Crippen LogP contribution in [0, 0.1) is 11.8 Å². The maximum absolute atomic E-state index is 10.9. The number of aliphatic carboxylic acids is 1. The predicted octanol–water partition coefficient (Wildman–Crippen LogP) is 0.886. The molecule has 0 radical (unpaired) electrons. The predicted molar refractivity (Wildman–Crippen MR) is 48.2 cm³/mol. The highest BCUT2D eigenvalue weighted by atomic mass is 16.6. The van der Waals surface area contributed by atoms with Crippen LogP contribution in [0.5, 0.6) is 0 Å². The Hall–Kier alpha value is -1.29. The fourth-order valence-electron chi connectivity index (χ4n) is 2.18. The number of carbonyl (C=O) groups is 1. The number of ether oxygens (including phenoxy) is 1. The van der Waals surface area contributed by atoms with Crippen LogP contribution in [0.2, 0.25) is 0 Å². The second kappa shape index (κ2) is 3.13. The summed E-state index contributed by atoms with van der Waals surface area (Å²) < 4.78 is 4.91. The van der Waals surface area contributed by atoms with E-state index in [1.807, 2.05) is 13.0 Å². The van der Waals surface area contributed by atoms with Crippen molar-refractivity contribution < 1.29 is 19.7 Å². The third-order valence-corrected chi connectivity index (χ3v) is 2.94. The molecule has 2 N–H and O–H groups in total. The van der Waals surface area contributed by atoms with Crippen LogP contribution in [-0.4, -0.2) is 22.5 Å². The molecule has 0 aromatic heterocycles. The van der Waals surface area contributed by atoms with Crippen LogP contribution < -0.4 is 0 Å². The largest absolute Gasteiger partial charge is 0.478 e. The molecule has 4 heteroatoms. The average Bonchev–Trinajstić information content (AvgIpc) is 2.49. The van der Waals surface area contributed by atoms with E-state index < -0.39 is 12.3 Å². The van der Waals surface area contributed by atoms with Crippen molar-refractivity contribution in [1.29, 1.82) is 0 Å². The zero-order valence-corrected chi connectivity index (χ0v) is 7.80. The molecule has 0 saturated heterocycles. The third-order valence-electron chi connectivity index (χ3n) is 2.94. The van der Waals surface area contributed by atoms with Crippen molar-refractivity contribution in [1.82, 2.24) is 0 Å². The zero-order chi connectivity index (χ0) is 10.3. The smallest absolute Gasteiger partial charge is 0.335 e. The van der Waals surface area contributed by atoms with Gasteiger partial charge in [0.2, 0.25) is 6.29 Å². The van der Waals surface area contributed by atoms with Gasteiger partial charge in [0, 0.05) is 11.8 Å². The van der Waals surface area contributed by atoms with E-state index in [9.17, 15) is 9.90 Å². The molecule has 2 unspecified atom stereocenters. The average molecular weight is 196 g/mol. The van der Waals surface area contributed by atoms with E-state index in [1.54, 1.807) is 0 Å². The molecule has 76 valence electrons. The fraction of sp³-hybridized carbons (Fsp3) is 0.500. The maximum Gasteiger partial charge on any atom is 0.335 e. The van der Waals surface area contributed by atoms with Gasteiger partial charge in [-0.3, -0.25) is 0 Å². The van der Waals surface area contributed by atoms with E-state index in [0.29, 0.717) is 6.42 Å². The zero-order valence-electron chi connectivity index (χ0n) is 7.80. The van der Waals surface area contributed by atoms with Crippen LogP contribution in [0.4, 0.5) is 0 Å². The summed E-state index contributed by atoms with van der Waals surface area (Å²) in [5, 5.41) is 18.5. The molecule has 2 aliphatic rings. The van der Waals surface area contributed by atoms with Gasteiger partial charge in [-0.05, 0) is 13.3 Å². The van der Waals surface area contributed by atoms with Crippen molar-refractivity contribution >= 4 is 5.97 Å². The number of fused-ring (bicyclic) bond motifs is 1. The van der Waals surface area contributed by atoms with E-state index >= 15 is 0 Å². The van der Waals surface area contributed by atoms with Gasteiger partial charge in [-0.15, -0.1) is 0 Å². The molecule has 1 heterocycles. The summed E-state index contributed by atoms with van der Waals surface area (Å²) in [6.45, 7) is 1.89. The first-order valence-corrected chi connectivity index (χ1v) is 4.55. The quantitative estimate of drug-likeness (QED) is 0.611. The summed E-state index contributed by atoms with van der Waals surface area (Å²) in [7, 11) is 0. The monoisotopic (exact) mass is 196 g/mol. The first kappa shape index (κ1) is 9.27. The lowest BCUT2D eigenvalue weighted by Gasteiger charge is -2.30. The van der Waals surface area contributed by atoms with E-state index in [1.165, 1.54) is 6.26 Å². The molecule has 1 aliphatic heterocycles. The molecule has 0 aromatic carbocycles. The summed E-state index contributed by atoms with van der Waals surface area (Å²) in [6, 6.07) is 0. The molecular formula is C10H12O4. The number of carboxylic acid groups (broad SMARTS) is 1. The van der Waals surface area contributed by atoms with E-state index in [0.717, 1.165) is 5.57 Å². The summed E-state index contributed by atoms with van der Waals surface area (Å²) in [5.74, 6) is -1.28. The number of rotatable bonds is 1. The lowest BCUT2D eigenvalue weighted by molar-refractivity contribution is -0.138. The van der Waals surface area contributed by atoms with Crippen molar-refractivity contribution in [3.05, 3.63) is 23.5 Å². The van der Waals surface area contributed by atoms with E-state index in [2.05, 4.69) is 0 Å². The second-order valence-electron chi connectivity index (χ2n) is 3.72. The maximum atomic E-state index is 10.9. The van der Waals surface area contributed by atoms with Crippen LogP contribution in [0.15, 0.2) is 23.5 Å². The topological polar surface area (TPSA) is 66.8 Å². The van der Waals surface area contributed by atoms with Gasteiger partial charge in [0.15, 0.2) is 0 Å². The molecule has 3 atom stereocenters. The van der Waals surface area contributed by atoms with Crippen molar-refractivity contribution in [2.24, 2.45) is 11.8 Å². The van der Waals surface area contributed by atoms with E-state index in [-0.39, 0.29) is 17.4 Å². The Morgan fingerprint density at radius 3 is 3.00 bits per heavy atom. The highest BCUT2D eigenvalue weighted by molar-refractivity contribution is 5.87. The Morgan fingerprint density at radius 1 is 1.64 bits per heavy atom. The van der Waals surface area contributed by atoms with Gasteiger partial charge in [0.1, 0.15) is 0 Å². The molecular weight excluding hydrogens is 184 g/mol. The van der Waals surface area contributed by atoms with Gasteiger partial charge in [0.05, 0.1) is 11.8 Å². The summed E-state index contributed by atoms with van der Waals surface area (Å²) >= 11 is 0. The van der Waals surface area contributed by atoms with Gasteiger partial charge >= 0.3 is 5.97 Å². The highest BCUT2D eigenvalue weighted by Crippen LogP contribution is 2.41. The molecule has 0 amide bonds. The number of hydrogen-bond acceptors (Lipinski definition) is 3. The molecule has 2 rings (SSSR count). The Labute approximate surface area is 81.5 Å². The minimum Gasteiger partial charge on any atom is -0.478 e. The molecule has 1 aliphatic carbocycles. The Kier molecular flexibility index (Phi) is 2.07. The Morgan fingerprint density at radius 2 is 2.36 bits per heavy atom. The van der Waals surface area contributed by atoms with Gasteiger partial charge in [0.25, 0.3) is 0 Å². The molecule has 14 heavy (non-hydrogen) atoms. The lowest BCUT2D eigenvalue weighted by atomic mass is 9.84. The van der Waals surface area contributed by atoms with Crippen LogP contribution in [0.3, 0.4) is 0 Å². The Balaban J connectivity index is 2.31. The van der Waals surface area contributed by atoms with Crippen molar-refractivity contribution in [3.63, 3.8) is 0 Å². The molecule has 0 bridgehead atoms. The van der Waals surface area contributed by atoms with Crippen LogP contribution in [0.25, 0.3) is 0 Å². The highest BCUT2D eigenvalue weighted by Gasteiger charge is 2.41. The van der Waals surface area contributed by atoms with Crippen LogP contribution in [-0.2, 0) is 9.53 Å². The van der Waals surface area contributed by atoms with Crippen LogP contribution in [0.1, 0.15) is 13.3 Å². The molecule has 0 aromatic rings. The van der Waals surface area contributed by atoms with E-state index in [4.69, 9.17) is 9.84 Å². The van der Waals surface area contributed by atoms with Crippen molar-refractivity contribution in [2.75, 3.05) is 0 Å². The summed E-state index contributed by atoms with van der Waals surface area (Å²) in [4.78, 5) is 10.9. The standard InChI is InChI=1S/C10H12O4/c1-5-2-3-6-7(9(11)12)4-14-10(13)8(5)6/h2,4,6,8,10,13H,3H2,1H3,(H,11,12)/t6?,8-,10?/m1/s1. The number of aliphatic hydroxyl groups is 1. The van der Waals surface area contributed by atoms with Crippen molar-refractivity contribution in [3.8, 4) is 0 Å². The fourth-order valence-corrected chi connectivity index (χ4v) is 2.18. The first-order chi connectivity index (χ1) is 6.61. The second-order valence-corrected chi connectivity index (χ2v) is 3.72. The number of hydrogen-bond donors (Lipinski definition) is 2. The van der Waals surface area contributed by atoms with Crippen molar-refractivity contribution in [2.45, 2.75) is 19.6 Å². The minimum atomic E-state index is -0.963. The number of allylic oxidation sites excluding steroid dienone is 1. The molecule has 0 fully saturated rings. The SMILES string of the molecule is CC1=CCC2C(C(=O)O)=COC(O)[C@H]12. The van der Waals surface area contributed by atoms with Gasteiger partial charge in [-0.1, -0.05) is 11.6 Å². The molecule has 4 nitrogen and oxygen atoms in total.